The highest BCUT2D eigenvalue weighted by Gasteiger charge is 2.02. The lowest BCUT2D eigenvalue weighted by Gasteiger charge is -2.13. The lowest BCUT2D eigenvalue weighted by Crippen LogP contribution is -2.24. The molecule has 0 aromatic heterocycles. The molecule has 0 aliphatic rings. The van der Waals surface area contributed by atoms with E-state index in [2.05, 4.69) is 18.2 Å². The lowest BCUT2D eigenvalue weighted by atomic mass is 10.1. The number of terminal acetylenes is 1. The molecule has 1 nitrogen and oxygen atoms in total. The maximum Gasteiger partial charge on any atom is 0.00866 e. The SMILES string of the molecule is C#CCCCC(CCC)NC. The van der Waals surface area contributed by atoms with E-state index in [1.165, 1.54) is 19.3 Å². The molecule has 0 saturated heterocycles. The van der Waals surface area contributed by atoms with E-state index >= 15 is 0 Å². The number of hydrogen-bond donors (Lipinski definition) is 1. The van der Waals surface area contributed by atoms with Crippen LogP contribution in [0.2, 0.25) is 0 Å². The van der Waals surface area contributed by atoms with E-state index in [0.717, 1.165) is 12.8 Å². The van der Waals surface area contributed by atoms with Crippen molar-refractivity contribution in [1.29, 1.82) is 0 Å². The van der Waals surface area contributed by atoms with Crippen LogP contribution < -0.4 is 5.32 Å². The van der Waals surface area contributed by atoms with Gasteiger partial charge in [0.1, 0.15) is 0 Å². The Labute approximate surface area is 70.6 Å². The molecule has 0 spiro atoms. The van der Waals surface area contributed by atoms with Gasteiger partial charge >= 0.3 is 0 Å². The summed E-state index contributed by atoms with van der Waals surface area (Å²) < 4.78 is 0. The molecule has 0 fully saturated rings. The van der Waals surface area contributed by atoms with E-state index in [9.17, 15) is 0 Å². The summed E-state index contributed by atoms with van der Waals surface area (Å²) in [5.41, 5.74) is 0. The van der Waals surface area contributed by atoms with Crippen LogP contribution in [0.25, 0.3) is 0 Å². The summed E-state index contributed by atoms with van der Waals surface area (Å²) in [5.74, 6) is 2.66. The Morgan fingerprint density at radius 1 is 1.45 bits per heavy atom. The maximum absolute atomic E-state index is 5.16. The fraction of sp³-hybridized carbons (Fsp3) is 0.800. The number of hydrogen-bond acceptors (Lipinski definition) is 1. The number of nitrogens with one attached hydrogen (secondary N) is 1. The largest absolute Gasteiger partial charge is 0.317 e. The minimum atomic E-state index is 0.674. The van der Waals surface area contributed by atoms with Crippen molar-refractivity contribution in [2.24, 2.45) is 0 Å². The van der Waals surface area contributed by atoms with Crippen molar-refractivity contribution in [3.63, 3.8) is 0 Å². The van der Waals surface area contributed by atoms with Gasteiger partial charge in [0.15, 0.2) is 0 Å². The fourth-order valence-corrected chi connectivity index (χ4v) is 1.23. The minimum absolute atomic E-state index is 0.674. The molecule has 11 heavy (non-hydrogen) atoms. The molecule has 0 bridgehead atoms. The van der Waals surface area contributed by atoms with E-state index in [4.69, 9.17) is 6.42 Å². The summed E-state index contributed by atoms with van der Waals surface area (Å²) in [5, 5.41) is 3.29. The Hall–Kier alpha value is -0.480. The van der Waals surface area contributed by atoms with Gasteiger partial charge in [-0.05, 0) is 26.3 Å². The van der Waals surface area contributed by atoms with Crippen LogP contribution >= 0.6 is 0 Å². The van der Waals surface area contributed by atoms with Crippen molar-refractivity contribution >= 4 is 0 Å². The second-order valence-corrected chi connectivity index (χ2v) is 2.87. The molecule has 64 valence electrons. The Kier molecular flexibility index (Phi) is 7.29. The summed E-state index contributed by atoms with van der Waals surface area (Å²) in [6.45, 7) is 2.21. The van der Waals surface area contributed by atoms with Crippen LogP contribution in [0.4, 0.5) is 0 Å². The van der Waals surface area contributed by atoms with Crippen molar-refractivity contribution < 1.29 is 0 Å². The predicted molar refractivity (Wildman–Crippen MR) is 50.4 cm³/mol. The first kappa shape index (κ1) is 10.5. The smallest absolute Gasteiger partial charge is 0.00866 e. The zero-order valence-corrected chi connectivity index (χ0v) is 7.69. The van der Waals surface area contributed by atoms with E-state index < -0.39 is 0 Å². The molecule has 0 aliphatic carbocycles. The van der Waals surface area contributed by atoms with E-state index in [-0.39, 0.29) is 0 Å². The molecule has 0 saturated carbocycles. The summed E-state index contributed by atoms with van der Waals surface area (Å²) in [4.78, 5) is 0. The van der Waals surface area contributed by atoms with Gasteiger partial charge < -0.3 is 5.32 Å². The third kappa shape index (κ3) is 5.94. The van der Waals surface area contributed by atoms with Gasteiger partial charge in [-0.25, -0.2) is 0 Å². The molecule has 0 amide bonds. The Morgan fingerprint density at radius 3 is 2.64 bits per heavy atom. The summed E-state index contributed by atoms with van der Waals surface area (Å²) >= 11 is 0. The first-order valence-corrected chi connectivity index (χ1v) is 4.45. The van der Waals surface area contributed by atoms with E-state index in [1.54, 1.807) is 0 Å². The van der Waals surface area contributed by atoms with Crippen molar-refractivity contribution in [3.05, 3.63) is 0 Å². The van der Waals surface area contributed by atoms with Crippen molar-refractivity contribution in [1.82, 2.24) is 5.32 Å². The maximum atomic E-state index is 5.16. The van der Waals surface area contributed by atoms with Crippen LogP contribution in [0, 0.1) is 12.3 Å². The highest BCUT2D eigenvalue weighted by Crippen LogP contribution is 2.05. The average Bonchev–Trinajstić information content (AvgIpc) is 2.03. The van der Waals surface area contributed by atoms with Gasteiger partial charge in [-0.1, -0.05) is 13.3 Å². The third-order valence-electron chi connectivity index (χ3n) is 1.92. The summed E-state index contributed by atoms with van der Waals surface area (Å²) in [6, 6.07) is 0.674. The van der Waals surface area contributed by atoms with Crippen LogP contribution in [0.15, 0.2) is 0 Å². The number of rotatable bonds is 6. The van der Waals surface area contributed by atoms with Crippen LogP contribution in [0.3, 0.4) is 0 Å². The highest BCUT2D eigenvalue weighted by molar-refractivity contribution is 4.83. The molecular formula is C10H19N. The normalized spacial score (nSPS) is 12.5. The Morgan fingerprint density at radius 2 is 2.18 bits per heavy atom. The lowest BCUT2D eigenvalue weighted by molar-refractivity contribution is 0.473. The van der Waals surface area contributed by atoms with Crippen LogP contribution in [-0.4, -0.2) is 13.1 Å². The zero-order valence-electron chi connectivity index (χ0n) is 7.69. The van der Waals surface area contributed by atoms with Gasteiger partial charge in [0.25, 0.3) is 0 Å². The van der Waals surface area contributed by atoms with Gasteiger partial charge in [-0.15, -0.1) is 12.3 Å². The predicted octanol–water partition coefficient (Wildman–Crippen LogP) is 2.18. The van der Waals surface area contributed by atoms with Crippen LogP contribution in [0.1, 0.15) is 39.0 Å². The number of unbranched alkanes of at least 4 members (excludes halogenated alkanes) is 1. The third-order valence-corrected chi connectivity index (χ3v) is 1.92. The van der Waals surface area contributed by atoms with Crippen LogP contribution in [-0.2, 0) is 0 Å². The Balaban J connectivity index is 3.29. The van der Waals surface area contributed by atoms with Crippen LogP contribution in [0.5, 0.6) is 0 Å². The fourth-order valence-electron chi connectivity index (χ4n) is 1.23. The van der Waals surface area contributed by atoms with Crippen molar-refractivity contribution in [2.75, 3.05) is 7.05 Å². The molecule has 0 heterocycles. The first-order valence-electron chi connectivity index (χ1n) is 4.45. The molecule has 1 N–H and O–H groups in total. The van der Waals surface area contributed by atoms with Gasteiger partial charge in [-0.3, -0.25) is 0 Å². The van der Waals surface area contributed by atoms with Gasteiger partial charge in [0.05, 0.1) is 0 Å². The monoisotopic (exact) mass is 153 g/mol. The molecule has 1 unspecified atom stereocenters. The van der Waals surface area contributed by atoms with Crippen molar-refractivity contribution in [2.45, 2.75) is 45.1 Å². The zero-order chi connectivity index (χ0) is 8.53. The second kappa shape index (κ2) is 7.63. The van der Waals surface area contributed by atoms with Gasteiger partial charge in [-0.2, -0.15) is 0 Å². The molecule has 1 atom stereocenters. The molecule has 0 aromatic rings. The highest BCUT2D eigenvalue weighted by atomic mass is 14.9. The molecule has 0 radical (unpaired) electrons. The Bertz CT molecular complexity index is 113. The second-order valence-electron chi connectivity index (χ2n) is 2.87. The first-order chi connectivity index (χ1) is 5.35. The van der Waals surface area contributed by atoms with Crippen molar-refractivity contribution in [3.8, 4) is 12.3 Å². The molecule has 0 aromatic carbocycles. The summed E-state index contributed by atoms with van der Waals surface area (Å²) in [7, 11) is 2.02. The summed E-state index contributed by atoms with van der Waals surface area (Å²) in [6.07, 6.45) is 11.0. The van der Waals surface area contributed by atoms with E-state index in [0.29, 0.717) is 6.04 Å². The van der Waals surface area contributed by atoms with E-state index in [1.807, 2.05) is 7.05 Å². The molecule has 0 aliphatic heterocycles. The quantitative estimate of drug-likeness (QED) is 0.455. The van der Waals surface area contributed by atoms with Gasteiger partial charge in [0.2, 0.25) is 0 Å². The minimum Gasteiger partial charge on any atom is -0.317 e. The topological polar surface area (TPSA) is 12.0 Å². The molecule has 0 rings (SSSR count). The standard InChI is InChI=1S/C10H19N/c1-4-6-7-9-10(11-3)8-5-2/h1,10-11H,5-9H2,2-3H3. The average molecular weight is 153 g/mol. The van der Waals surface area contributed by atoms with Gasteiger partial charge in [0, 0.05) is 12.5 Å². The molecule has 1 heteroatoms. The molecular weight excluding hydrogens is 134 g/mol.